The minimum atomic E-state index is -0.281. The number of nitrogens with zero attached hydrogens (tertiary/aromatic N) is 1. The van der Waals surface area contributed by atoms with Crippen LogP contribution >= 0.6 is 0 Å². The van der Waals surface area contributed by atoms with Gasteiger partial charge in [-0.15, -0.1) is 0 Å². The molecule has 4 rings (SSSR count). The van der Waals surface area contributed by atoms with Crippen LogP contribution in [0.15, 0.2) is 72.8 Å². The zero-order chi connectivity index (χ0) is 14.9. The van der Waals surface area contributed by atoms with Crippen molar-refractivity contribution in [1.29, 1.82) is 0 Å². The number of para-hydroxylation sites is 2. The molecule has 4 aromatic rings. The molecule has 106 valence electrons. The van der Waals surface area contributed by atoms with Crippen LogP contribution in [-0.4, -0.2) is 4.98 Å². The summed E-state index contributed by atoms with van der Waals surface area (Å²) < 4.78 is 19.1. The van der Waals surface area contributed by atoms with Crippen molar-refractivity contribution in [2.45, 2.75) is 0 Å². The first-order valence-electron chi connectivity index (χ1n) is 7.02. The molecule has 0 amide bonds. The molecule has 1 heterocycles. The van der Waals surface area contributed by atoms with Crippen molar-refractivity contribution in [3.05, 3.63) is 78.6 Å². The predicted octanol–water partition coefficient (Wildman–Crippen LogP) is 5.32. The monoisotopic (exact) mass is 289 g/mol. The molecule has 0 unspecified atom stereocenters. The van der Waals surface area contributed by atoms with Crippen LogP contribution in [0.1, 0.15) is 0 Å². The van der Waals surface area contributed by atoms with Gasteiger partial charge in [-0.2, -0.15) is 0 Å². The molecule has 3 heteroatoms. The number of halogens is 1. The van der Waals surface area contributed by atoms with Gasteiger partial charge < -0.3 is 4.74 Å². The number of ether oxygens (including phenoxy) is 1. The number of aromatic nitrogens is 1. The highest BCUT2D eigenvalue weighted by molar-refractivity contribution is 6.01. The molecule has 0 aliphatic carbocycles. The minimum Gasteiger partial charge on any atom is -0.456 e. The molecule has 3 aromatic carbocycles. The fourth-order valence-electron chi connectivity index (χ4n) is 2.53. The molecule has 0 atom stereocenters. The molecule has 22 heavy (non-hydrogen) atoms. The van der Waals surface area contributed by atoms with Crippen molar-refractivity contribution in [2.24, 2.45) is 0 Å². The molecule has 0 aliphatic heterocycles. The van der Waals surface area contributed by atoms with E-state index in [4.69, 9.17) is 4.74 Å². The van der Waals surface area contributed by atoms with E-state index in [0.717, 1.165) is 27.6 Å². The zero-order valence-corrected chi connectivity index (χ0v) is 11.7. The molecule has 0 bridgehead atoms. The lowest BCUT2D eigenvalue weighted by Crippen LogP contribution is -1.91. The Morgan fingerprint density at radius 3 is 1.82 bits per heavy atom. The van der Waals surface area contributed by atoms with Crippen LogP contribution in [0.4, 0.5) is 4.39 Å². The van der Waals surface area contributed by atoms with E-state index in [2.05, 4.69) is 4.98 Å². The minimum absolute atomic E-state index is 0.281. The topological polar surface area (TPSA) is 22.1 Å². The normalized spacial score (nSPS) is 11.0. The third-order valence-electron chi connectivity index (χ3n) is 3.57. The molecular formula is C19H12FNO. The van der Waals surface area contributed by atoms with Crippen molar-refractivity contribution in [2.75, 3.05) is 0 Å². The van der Waals surface area contributed by atoms with Crippen LogP contribution in [0.2, 0.25) is 0 Å². The van der Waals surface area contributed by atoms with Crippen molar-refractivity contribution >= 4 is 21.8 Å². The highest BCUT2D eigenvalue weighted by Crippen LogP contribution is 2.35. The average Bonchev–Trinajstić information content (AvgIpc) is 2.56. The summed E-state index contributed by atoms with van der Waals surface area (Å²) in [6, 6.07) is 21.7. The van der Waals surface area contributed by atoms with Crippen LogP contribution in [0.3, 0.4) is 0 Å². The first kappa shape index (κ1) is 12.8. The van der Waals surface area contributed by atoms with Gasteiger partial charge in [0.15, 0.2) is 0 Å². The summed E-state index contributed by atoms with van der Waals surface area (Å²) in [5.41, 5.74) is 1.75. The van der Waals surface area contributed by atoms with E-state index in [1.807, 2.05) is 48.5 Å². The number of hydrogen-bond donors (Lipinski definition) is 0. The Labute approximate surface area is 126 Å². The maximum Gasteiger partial charge on any atom is 0.146 e. The lowest BCUT2D eigenvalue weighted by Gasteiger charge is -2.12. The van der Waals surface area contributed by atoms with Gasteiger partial charge >= 0.3 is 0 Å². The summed E-state index contributed by atoms with van der Waals surface area (Å²) >= 11 is 0. The smallest absolute Gasteiger partial charge is 0.146 e. The highest BCUT2D eigenvalue weighted by atomic mass is 19.1. The summed E-state index contributed by atoms with van der Waals surface area (Å²) in [6.45, 7) is 0. The molecule has 0 saturated carbocycles. The number of hydrogen-bond acceptors (Lipinski definition) is 2. The Bertz CT molecular complexity index is 910. The van der Waals surface area contributed by atoms with Gasteiger partial charge in [0, 0.05) is 10.8 Å². The highest BCUT2D eigenvalue weighted by Gasteiger charge is 2.10. The SMILES string of the molecule is Fc1ccc(Oc2c3ccccc3nc3ccccc23)cc1. The fraction of sp³-hybridized carbons (Fsp3) is 0. The summed E-state index contributed by atoms with van der Waals surface area (Å²) in [4.78, 5) is 4.65. The second-order valence-corrected chi connectivity index (χ2v) is 5.03. The van der Waals surface area contributed by atoms with E-state index in [9.17, 15) is 4.39 Å². The van der Waals surface area contributed by atoms with E-state index in [-0.39, 0.29) is 5.82 Å². The number of pyridine rings is 1. The lowest BCUT2D eigenvalue weighted by molar-refractivity contribution is 0.491. The Morgan fingerprint density at radius 1 is 0.682 bits per heavy atom. The molecule has 0 aliphatic rings. The van der Waals surface area contributed by atoms with Crippen LogP contribution in [0.5, 0.6) is 11.5 Å². The van der Waals surface area contributed by atoms with Crippen molar-refractivity contribution in [1.82, 2.24) is 4.98 Å². The average molecular weight is 289 g/mol. The molecule has 0 radical (unpaired) electrons. The molecule has 0 saturated heterocycles. The molecule has 0 spiro atoms. The van der Waals surface area contributed by atoms with Gasteiger partial charge in [0.05, 0.1) is 11.0 Å². The summed E-state index contributed by atoms with van der Waals surface area (Å²) in [7, 11) is 0. The van der Waals surface area contributed by atoms with E-state index < -0.39 is 0 Å². The van der Waals surface area contributed by atoms with Crippen LogP contribution < -0.4 is 4.74 Å². The van der Waals surface area contributed by atoms with Crippen LogP contribution in [-0.2, 0) is 0 Å². The van der Waals surface area contributed by atoms with Gasteiger partial charge in [0.25, 0.3) is 0 Å². The Morgan fingerprint density at radius 2 is 1.23 bits per heavy atom. The molecular weight excluding hydrogens is 277 g/mol. The van der Waals surface area contributed by atoms with Gasteiger partial charge in [-0.25, -0.2) is 9.37 Å². The van der Waals surface area contributed by atoms with Crippen LogP contribution in [0.25, 0.3) is 21.8 Å². The zero-order valence-electron chi connectivity index (χ0n) is 11.7. The lowest BCUT2D eigenvalue weighted by atomic mass is 10.1. The summed E-state index contributed by atoms with van der Waals surface area (Å²) in [5, 5.41) is 1.87. The Kier molecular flexibility index (Phi) is 2.97. The largest absolute Gasteiger partial charge is 0.456 e. The van der Waals surface area contributed by atoms with Gasteiger partial charge in [-0.3, -0.25) is 0 Å². The van der Waals surface area contributed by atoms with Crippen LogP contribution in [0, 0.1) is 5.82 Å². The van der Waals surface area contributed by atoms with E-state index in [1.54, 1.807) is 12.1 Å². The van der Waals surface area contributed by atoms with Gasteiger partial charge in [-0.05, 0) is 48.5 Å². The van der Waals surface area contributed by atoms with Crippen molar-refractivity contribution in [3.8, 4) is 11.5 Å². The quantitative estimate of drug-likeness (QED) is 0.466. The molecule has 2 nitrogen and oxygen atoms in total. The molecule has 0 N–H and O–H groups in total. The van der Waals surface area contributed by atoms with E-state index >= 15 is 0 Å². The molecule has 1 aromatic heterocycles. The van der Waals surface area contributed by atoms with Gasteiger partial charge in [-0.1, -0.05) is 24.3 Å². The Hall–Kier alpha value is -2.94. The third-order valence-corrected chi connectivity index (χ3v) is 3.57. The third kappa shape index (κ3) is 2.17. The van der Waals surface area contributed by atoms with Gasteiger partial charge in [0.1, 0.15) is 17.3 Å². The summed E-state index contributed by atoms with van der Waals surface area (Å²) in [6.07, 6.45) is 0. The second kappa shape index (κ2) is 5.11. The maximum absolute atomic E-state index is 13.1. The molecule has 0 fully saturated rings. The second-order valence-electron chi connectivity index (χ2n) is 5.03. The summed E-state index contributed by atoms with van der Waals surface area (Å²) in [5.74, 6) is 1.06. The fourth-order valence-corrected chi connectivity index (χ4v) is 2.53. The number of rotatable bonds is 2. The van der Waals surface area contributed by atoms with Gasteiger partial charge in [0.2, 0.25) is 0 Å². The first-order valence-corrected chi connectivity index (χ1v) is 7.02. The van der Waals surface area contributed by atoms with E-state index in [1.165, 1.54) is 12.1 Å². The number of fused-ring (bicyclic) bond motifs is 2. The van der Waals surface area contributed by atoms with Crippen molar-refractivity contribution < 1.29 is 9.13 Å². The first-order chi connectivity index (χ1) is 10.8. The standard InChI is InChI=1S/C19H12FNO/c20-13-9-11-14(12-10-13)22-19-15-5-1-3-7-17(15)21-18-8-4-2-6-16(18)19/h1-12H. The maximum atomic E-state index is 13.1. The predicted molar refractivity (Wildman–Crippen MR) is 85.7 cm³/mol. The Balaban J connectivity index is 1.97. The van der Waals surface area contributed by atoms with E-state index in [0.29, 0.717) is 5.75 Å². The number of benzene rings is 3. The van der Waals surface area contributed by atoms with Crippen molar-refractivity contribution in [3.63, 3.8) is 0 Å².